The molecule has 16 nitrogen and oxygen atoms in total. The van der Waals surface area contributed by atoms with Crippen molar-refractivity contribution < 1.29 is 33.6 Å². The highest BCUT2D eigenvalue weighted by Gasteiger charge is 2.41. The number of carbonyl (C=O) groups excluding carboxylic acids is 7. The number of hydrogen-bond acceptors (Lipinski definition) is 9. The zero-order chi connectivity index (χ0) is 55.0. The van der Waals surface area contributed by atoms with E-state index in [1.165, 1.54) is 47.1 Å². The van der Waals surface area contributed by atoms with Gasteiger partial charge in [-0.2, -0.15) is 0 Å². The van der Waals surface area contributed by atoms with Gasteiger partial charge in [0.25, 0.3) is 0 Å². The van der Waals surface area contributed by atoms with Crippen molar-refractivity contribution in [1.29, 1.82) is 0 Å². The van der Waals surface area contributed by atoms with Gasteiger partial charge in [-0.1, -0.05) is 101 Å². The van der Waals surface area contributed by atoms with E-state index in [9.17, 15) is 14.4 Å². The molecule has 2 aromatic heterocycles. The molecule has 76 heavy (non-hydrogen) atoms. The zero-order valence-electron chi connectivity index (χ0n) is 45.4. The van der Waals surface area contributed by atoms with Gasteiger partial charge in [0.2, 0.25) is 41.4 Å². The lowest BCUT2D eigenvalue weighted by molar-refractivity contribution is -0.150. The maximum absolute atomic E-state index is 15.6. The lowest BCUT2D eigenvalue weighted by atomic mass is 9.97. The fraction of sp³-hybridized carbons (Fsp3) is 0.458. The van der Waals surface area contributed by atoms with E-state index in [4.69, 9.17) is 0 Å². The summed E-state index contributed by atoms with van der Waals surface area (Å²) in [7, 11) is 3.04. The van der Waals surface area contributed by atoms with Crippen molar-refractivity contribution in [3.05, 3.63) is 126 Å². The van der Waals surface area contributed by atoms with Crippen LogP contribution in [-0.2, 0) is 58.4 Å². The monoisotopic (exact) mass is 1050 g/mol. The van der Waals surface area contributed by atoms with Gasteiger partial charge in [0.1, 0.15) is 42.3 Å². The topological polar surface area (TPSA) is 195 Å². The van der Waals surface area contributed by atoms with E-state index in [1.54, 1.807) is 5.51 Å². The molecule has 2 bridgehead atoms. The lowest BCUT2D eigenvalue weighted by Crippen LogP contribution is -2.61. The lowest BCUT2D eigenvalue weighted by Gasteiger charge is -2.38. The molecule has 404 valence electrons. The molecule has 3 aromatic carbocycles. The first-order valence-corrected chi connectivity index (χ1v) is 27.3. The molecule has 2 aliphatic rings. The second-order valence-electron chi connectivity index (χ2n) is 21.8. The van der Waals surface area contributed by atoms with Crippen LogP contribution >= 0.6 is 11.3 Å². The molecule has 7 atom stereocenters. The summed E-state index contributed by atoms with van der Waals surface area (Å²) in [5.41, 5.74) is 5.06. The van der Waals surface area contributed by atoms with E-state index in [2.05, 4.69) is 37.4 Å². The van der Waals surface area contributed by atoms with Crippen molar-refractivity contribution in [3.63, 3.8) is 0 Å². The fourth-order valence-electron chi connectivity index (χ4n) is 10.3. The first-order valence-electron chi connectivity index (χ1n) is 26.5. The number of thiazole rings is 1. The van der Waals surface area contributed by atoms with Crippen LogP contribution in [0.2, 0.25) is 0 Å². The van der Waals surface area contributed by atoms with Crippen molar-refractivity contribution in [2.75, 3.05) is 20.6 Å². The summed E-state index contributed by atoms with van der Waals surface area (Å²) in [5.74, 6) is -4.26. The summed E-state index contributed by atoms with van der Waals surface area (Å²) >= 11 is 1.44. The van der Waals surface area contributed by atoms with E-state index >= 15 is 19.2 Å². The fourth-order valence-corrected chi connectivity index (χ4v) is 11.0. The Labute approximate surface area is 450 Å². The van der Waals surface area contributed by atoms with E-state index in [-0.39, 0.29) is 56.9 Å². The van der Waals surface area contributed by atoms with Crippen LogP contribution in [0.4, 0.5) is 0 Å². The SMILES string of the molecule is C=CC(C)(C)n1cc(C[C@@H]2NC(=O)[C@H](Cc3ccccc3)NC(=O)[C@H](CC(C)C)N3CC/C=C\C[C@@H](C3=O)N(C)C(=O)[C@H](C)NC(=O)[C@H](Cc3ccc4ncsc4c3)NC(=O)[C@H](CC(C)C)N(C)C2=O)c2ccccc21. The summed E-state index contributed by atoms with van der Waals surface area (Å²) < 4.78 is 2.96. The third-order valence-electron chi connectivity index (χ3n) is 14.7. The number of rotatable bonds is 12. The number of aromatic nitrogens is 2. The Morgan fingerprint density at radius 3 is 2.00 bits per heavy atom. The normalized spacial score (nSPS) is 23.7. The quantitative estimate of drug-likeness (QED) is 0.102. The Hall–Kier alpha value is -7.14. The summed E-state index contributed by atoms with van der Waals surface area (Å²) in [6, 6.07) is 14.5. The molecule has 1 saturated heterocycles. The van der Waals surface area contributed by atoms with Crippen LogP contribution in [0.3, 0.4) is 0 Å². The summed E-state index contributed by atoms with van der Waals surface area (Å²) in [6.45, 7) is 17.6. The number of nitrogens with zero attached hydrogens (tertiary/aromatic N) is 5. The maximum atomic E-state index is 15.6. The molecule has 5 aromatic rings. The number of likely N-dealkylation sites (N-methyl/N-ethyl adjacent to an activating group) is 2. The number of benzene rings is 3. The van der Waals surface area contributed by atoms with Crippen LogP contribution in [0.25, 0.3) is 21.1 Å². The number of hydrogen-bond donors (Lipinski definition) is 4. The third kappa shape index (κ3) is 13.3. The molecule has 7 amide bonds. The van der Waals surface area contributed by atoms with Gasteiger partial charge in [-0.15, -0.1) is 17.9 Å². The Balaban J connectivity index is 1.37. The predicted octanol–water partition coefficient (Wildman–Crippen LogP) is 6.47. The first-order chi connectivity index (χ1) is 36.2. The summed E-state index contributed by atoms with van der Waals surface area (Å²) in [6.07, 6.45) is 8.64. The van der Waals surface area contributed by atoms with Crippen LogP contribution in [0.15, 0.2) is 109 Å². The zero-order valence-corrected chi connectivity index (χ0v) is 46.2. The highest BCUT2D eigenvalue weighted by atomic mass is 32.1. The molecule has 4 N–H and O–H groups in total. The number of carbonyl (C=O) groups is 7. The minimum absolute atomic E-state index is 0.00461. The molecule has 0 saturated carbocycles. The van der Waals surface area contributed by atoms with Crippen LogP contribution in [-0.4, -0.2) is 129 Å². The van der Waals surface area contributed by atoms with Crippen molar-refractivity contribution in [1.82, 2.24) is 45.5 Å². The number of allylic oxidation sites excluding steroid dienone is 1. The van der Waals surface area contributed by atoms with Gasteiger partial charge >= 0.3 is 0 Å². The molecule has 4 heterocycles. The van der Waals surface area contributed by atoms with Crippen molar-refractivity contribution in [2.45, 2.75) is 141 Å². The third-order valence-corrected chi connectivity index (χ3v) is 15.5. The van der Waals surface area contributed by atoms with E-state index < -0.39 is 89.2 Å². The standard InChI is InChI=1S/C59H75N9O7S/c1-11-59(7,8)68-34-41(42-22-17-18-23-47(42)68)33-46-57(74)66(10)49(28-36(2)3)54(71)62-45(31-40-25-26-43-51(32-40)76-35-60-43)52(69)61-38(6)56(73)65(9)48-24-16-13-19-27-67(58(48)75)50(29-37(4)5)55(72)63-44(53(70)64-46)30-39-20-14-12-15-21-39/h11-18,20-23,25-26,32,34-38,44-46,48-50H,1,19,24,27-31,33H2,2-10H3,(H,61,69)(H,62,71)(H,63,72)(H,64,70)/b16-13-/t38-,44-,45-,46-,48-,49-,50-/m0/s1. The van der Waals surface area contributed by atoms with Crippen molar-refractivity contribution in [2.24, 2.45) is 11.8 Å². The molecular weight excluding hydrogens is 979 g/mol. The minimum atomic E-state index is -1.28. The summed E-state index contributed by atoms with van der Waals surface area (Å²) in [5, 5.41) is 12.8. The van der Waals surface area contributed by atoms with E-state index in [0.717, 1.165) is 37.8 Å². The van der Waals surface area contributed by atoms with Crippen LogP contribution in [0, 0.1) is 11.8 Å². The first kappa shape index (κ1) is 56.6. The Morgan fingerprint density at radius 2 is 1.32 bits per heavy atom. The molecule has 1 fully saturated rings. The number of nitrogens with one attached hydrogen (secondary N) is 4. The van der Waals surface area contributed by atoms with Crippen molar-refractivity contribution >= 4 is 73.8 Å². The van der Waals surface area contributed by atoms with Gasteiger partial charge in [0.15, 0.2) is 0 Å². The second-order valence-corrected chi connectivity index (χ2v) is 22.7. The predicted molar refractivity (Wildman–Crippen MR) is 298 cm³/mol. The average molecular weight is 1050 g/mol. The van der Waals surface area contributed by atoms with Gasteiger partial charge < -0.3 is 40.5 Å². The van der Waals surface area contributed by atoms with Gasteiger partial charge in [-0.3, -0.25) is 33.6 Å². The number of para-hydroxylation sites is 1. The van der Waals surface area contributed by atoms with Gasteiger partial charge in [0.05, 0.1) is 21.3 Å². The van der Waals surface area contributed by atoms with E-state index in [0.29, 0.717) is 6.42 Å². The van der Waals surface area contributed by atoms with Gasteiger partial charge in [-0.05, 0) is 93.2 Å². The Morgan fingerprint density at radius 1 is 0.697 bits per heavy atom. The second kappa shape index (κ2) is 24.7. The maximum Gasteiger partial charge on any atom is 0.246 e. The molecule has 0 spiro atoms. The smallest absolute Gasteiger partial charge is 0.246 e. The van der Waals surface area contributed by atoms with Crippen LogP contribution in [0.1, 0.15) is 90.8 Å². The van der Waals surface area contributed by atoms with Crippen LogP contribution in [0.5, 0.6) is 0 Å². The molecular formula is C59H75N9O7S. The Bertz CT molecular complexity index is 2960. The van der Waals surface area contributed by atoms with Gasteiger partial charge in [0, 0.05) is 57.0 Å². The molecule has 0 radical (unpaired) electrons. The largest absolute Gasteiger partial charge is 0.343 e. The summed E-state index contributed by atoms with van der Waals surface area (Å²) in [4.78, 5) is 114. The van der Waals surface area contributed by atoms with Crippen molar-refractivity contribution in [3.8, 4) is 0 Å². The minimum Gasteiger partial charge on any atom is -0.343 e. The highest BCUT2D eigenvalue weighted by molar-refractivity contribution is 7.16. The average Bonchev–Trinajstić information content (AvgIpc) is 4.02. The molecule has 2 aliphatic heterocycles. The Kier molecular flexibility index (Phi) is 18.4. The molecule has 0 unspecified atom stereocenters. The number of amides is 7. The highest BCUT2D eigenvalue weighted by Crippen LogP contribution is 2.30. The molecule has 0 aliphatic carbocycles. The molecule has 7 rings (SSSR count). The molecule has 17 heteroatoms. The number of fused-ring (bicyclic) bond motifs is 4. The van der Waals surface area contributed by atoms with Crippen LogP contribution < -0.4 is 21.3 Å². The van der Waals surface area contributed by atoms with Gasteiger partial charge in [-0.25, -0.2) is 4.98 Å². The van der Waals surface area contributed by atoms with E-state index in [1.807, 2.05) is 139 Å².